The molecule has 2 heteroatoms. The highest BCUT2D eigenvalue weighted by molar-refractivity contribution is 7.20. The van der Waals surface area contributed by atoms with Gasteiger partial charge in [-0.15, -0.1) is 0 Å². The standard InChI is InChI=1S/C67H47NSi/c1-5-22-47(23-6-1)49-26-17-28-51(44-49)57-39-20-40-61-65(57)58-36-13-14-37-59(58)66(61)62-41-21-43-64-67(62)60-38-15-16-42-63(60)68(64)52-29-19-35-56(46-52)69(53-30-9-3-10-31-53,54-32-11-4-12-33-54)55-34-18-27-50(45-55)48-24-7-2-8-25-48/h1-46,66H/i13D,14D,15D,16D,20D,21D,36D,37D,38D,39D,40D,41D,42D,43D. The average molecular weight is 908 g/mol. The highest BCUT2D eigenvalue weighted by Gasteiger charge is 2.42. The third-order valence-corrected chi connectivity index (χ3v) is 18.4. The fourth-order valence-corrected chi connectivity index (χ4v) is 15.5. The molecule has 0 saturated carbocycles. The van der Waals surface area contributed by atoms with Crippen molar-refractivity contribution in [2.45, 2.75) is 5.92 Å². The fourth-order valence-electron chi connectivity index (χ4n) is 10.7. The van der Waals surface area contributed by atoms with Gasteiger partial charge in [0.15, 0.2) is 8.07 Å². The van der Waals surface area contributed by atoms with E-state index in [9.17, 15) is 16.4 Å². The van der Waals surface area contributed by atoms with Crippen LogP contribution in [0.25, 0.3) is 72.0 Å². The topological polar surface area (TPSA) is 4.93 Å². The minimum atomic E-state index is -3.43. The summed E-state index contributed by atoms with van der Waals surface area (Å²) in [5.74, 6) is -1.56. The maximum Gasteiger partial charge on any atom is 0.179 e. The summed E-state index contributed by atoms with van der Waals surface area (Å²) in [5.41, 5.74) is 4.10. The van der Waals surface area contributed by atoms with Gasteiger partial charge in [-0.2, -0.15) is 0 Å². The molecule has 1 nitrogen and oxygen atoms in total. The average Bonchev–Trinajstić information content (AvgIpc) is 1.68. The summed E-state index contributed by atoms with van der Waals surface area (Å²) in [6, 6.07) is 56.0. The molecule has 0 radical (unpaired) electrons. The zero-order valence-corrected chi connectivity index (χ0v) is 38.0. The lowest BCUT2D eigenvalue weighted by atomic mass is 9.86. The van der Waals surface area contributed by atoms with E-state index < -0.39 is 92.5 Å². The maximum absolute atomic E-state index is 10.0. The van der Waals surface area contributed by atoms with E-state index in [1.807, 2.05) is 109 Å². The highest BCUT2D eigenvalue weighted by Crippen LogP contribution is 2.53. The van der Waals surface area contributed by atoms with E-state index in [0.717, 1.165) is 43.0 Å². The molecule has 0 amide bonds. The van der Waals surface area contributed by atoms with Crippen LogP contribution in [0.5, 0.6) is 0 Å². The van der Waals surface area contributed by atoms with E-state index in [4.69, 9.17) is 2.74 Å². The van der Waals surface area contributed by atoms with E-state index in [2.05, 4.69) is 66.7 Å². The second-order valence-corrected chi connectivity index (χ2v) is 21.1. The second-order valence-electron chi connectivity index (χ2n) is 17.3. The van der Waals surface area contributed by atoms with E-state index in [1.54, 1.807) is 22.8 Å². The number of fused-ring (bicyclic) bond motifs is 6. The largest absolute Gasteiger partial charge is 0.309 e. The third kappa shape index (κ3) is 6.67. The van der Waals surface area contributed by atoms with Gasteiger partial charge in [-0.3, -0.25) is 0 Å². The second kappa shape index (κ2) is 16.9. The molecule has 1 aliphatic carbocycles. The summed E-state index contributed by atoms with van der Waals surface area (Å²) >= 11 is 0. The van der Waals surface area contributed by atoms with Crippen molar-refractivity contribution in [2.75, 3.05) is 0 Å². The van der Waals surface area contributed by atoms with Crippen LogP contribution in [0.2, 0.25) is 0 Å². The minimum Gasteiger partial charge on any atom is -0.309 e. The lowest BCUT2D eigenvalue weighted by Crippen LogP contribution is -2.74. The molecular weight excluding hydrogens is 847 g/mol. The van der Waals surface area contributed by atoms with Crippen LogP contribution in [-0.2, 0) is 0 Å². The molecule has 1 heterocycles. The van der Waals surface area contributed by atoms with Crippen LogP contribution >= 0.6 is 0 Å². The number of benzene rings is 11. The van der Waals surface area contributed by atoms with Gasteiger partial charge < -0.3 is 4.57 Å². The van der Waals surface area contributed by atoms with Crippen LogP contribution in [0.1, 0.15) is 41.8 Å². The molecule has 12 aromatic rings. The van der Waals surface area contributed by atoms with Crippen molar-refractivity contribution < 1.29 is 19.2 Å². The summed E-state index contributed by atoms with van der Waals surface area (Å²) in [6.45, 7) is 0. The predicted molar refractivity (Wildman–Crippen MR) is 294 cm³/mol. The first-order chi connectivity index (χ1) is 40.1. The van der Waals surface area contributed by atoms with Crippen molar-refractivity contribution in [1.29, 1.82) is 0 Å². The molecule has 13 rings (SSSR count). The summed E-state index contributed by atoms with van der Waals surface area (Å²) in [4.78, 5) is 0. The molecular formula is C67H47NSi. The molecule has 0 bridgehead atoms. The quantitative estimate of drug-likeness (QED) is 0.100. The van der Waals surface area contributed by atoms with Crippen molar-refractivity contribution in [3.05, 3.63) is 295 Å². The molecule has 1 unspecified atom stereocenters. The number of nitrogens with zero attached hydrogens (tertiary/aromatic N) is 1. The van der Waals surface area contributed by atoms with Gasteiger partial charge in [-0.25, -0.2) is 0 Å². The zero-order valence-electron chi connectivity index (χ0n) is 51.0. The monoisotopic (exact) mass is 907 g/mol. The summed E-state index contributed by atoms with van der Waals surface area (Å²) in [6.07, 6.45) is 0. The Morgan fingerprint density at radius 1 is 0.348 bits per heavy atom. The van der Waals surface area contributed by atoms with Crippen molar-refractivity contribution in [3.8, 4) is 50.2 Å². The van der Waals surface area contributed by atoms with Gasteiger partial charge in [0.1, 0.15) is 0 Å². The lowest BCUT2D eigenvalue weighted by molar-refractivity contribution is 1.03. The maximum atomic E-state index is 10.0. The molecule has 0 aliphatic heterocycles. The highest BCUT2D eigenvalue weighted by atomic mass is 28.3. The molecule has 0 fully saturated rings. The first kappa shape index (κ1) is 28.6. The number of hydrogen-bond acceptors (Lipinski definition) is 0. The van der Waals surface area contributed by atoms with E-state index in [0.29, 0.717) is 11.3 Å². The normalized spacial score (nSPS) is 15.9. The van der Waals surface area contributed by atoms with Crippen LogP contribution in [0.3, 0.4) is 0 Å². The van der Waals surface area contributed by atoms with Crippen molar-refractivity contribution in [2.24, 2.45) is 0 Å². The Kier molecular flexibility index (Phi) is 7.02. The van der Waals surface area contributed by atoms with Crippen molar-refractivity contribution in [1.82, 2.24) is 4.57 Å². The number of aromatic nitrogens is 1. The first-order valence-electron chi connectivity index (χ1n) is 29.9. The Morgan fingerprint density at radius 2 is 0.841 bits per heavy atom. The van der Waals surface area contributed by atoms with Gasteiger partial charge in [0.05, 0.1) is 30.2 Å². The van der Waals surface area contributed by atoms with Crippen LogP contribution in [0.15, 0.2) is 279 Å². The number of hydrogen-bond donors (Lipinski definition) is 0. The third-order valence-electron chi connectivity index (χ3n) is 13.6. The molecule has 0 N–H and O–H groups in total. The molecule has 1 aromatic heterocycles. The Hall–Kier alpha value is -8.56. The number of para-hydroxylation sites is 1. The summed E-state index contributed by atoms with van der Waals surface area (Å²) < 4.78 is 136. The molecule has 69 heavy (non-hydrogen) atoms. The van der Waals surface area contributed by atoms with E-state index in [1.165, 1.54) is 0 Å². The summed E-state index contributed by atoms with van der Waals surface area (Å²) in [5, 5.41) is 3.82. The Bertz CT molecular complexity index is 4630. The molecule has 0 spiro atoms. The Balaban J connectivity index is 1.17. The molecule has 324 valence electrons. The zero-order chi connectivity index (χ0) is 57.9. The molecule has 11 aromatic carbocycles. The fraction of sp³-hybridized carbons (Fsp3) is 0.0149. The molecule has 1 atom stereocenters. The van der Waals surface area contributed by atoms with Crippen LogP contribution in [0.4, 0.5) is 0 Å². The van der Waals surface area contributed by atoms with Crippen molar-refractivity contribution in [3.63, 3.8) is 0 Å². The molecule has 0 saturated heterocycles. The van der Waals surface area contributed by atoms with Gasteiger partial charge in [0.2, 0.25) is 0 Å². The predicted octanol–water partition coefficient (Wildman–Crippen LogP) is 14.3. The minimum absolute atomic E-state index is 0.0389. The SMILES string of the molecule is [2H]c1c([2H])c([2H])c2c(c1[2H])-c1c(-c3cccc(-c4ccccc4)c3)c([2H])c([2H])c([2H])c1C2c1c([2H])c([2H])c([2H])c2c1c1c([2H])c([2H])c([2H])c([2H])c1n2-c1cccc([Si](c2ccccc2)(c2ccccc2)c2cccc(-c3ccccc3)c2)c1. The van der Waals surface area contributed by atoms with Crippen LogP contribution < -0.4 is 20.7 Å². The van der Waals surface area contributed by atoms with Gasteiger partial charge >= 0.3 is 0 Å². The van der Waals surface area contributed by atoms with E-state index >= 15 is 0 Å². The van der Waals surface area contributed by atoms with Crippen LogP contribution in [0, 0.1) is 0 Å². The van der Waals surface area contributed by atoms with Gasteiger partial charge in [0.25, 0.3) is 0 Å². The Labute approximate surface area is 424 Å². The van der Waals surface area contributed by atoms with Crippen LogP contribution in [-0.4, -0.2) is 12.6 Å². The van der Waals surface area contributed by atoms with Gasteiger partial charge in [0, 0.05) is 22.4 Å². The van der Waals surface area contributed by atoms with Gasteiger partial charge in [-0.05, 0) is 112 Å². The molecule has 1 aliphatic rings. The number of rotatable bonds is 9. The van der Waals surface area contributed by atoms with Crippen molar-refractivity contribution >= 4 is 50.6 Å². The first-order valence-corrected chi connectivity index (χ1v) is 24.9. The van der Waals surface area contributed by atoms with Gasteiger partial charge in [-0.1, -0.05) is 248 Å². The van der Waals surface area contributed by atoms with E-state index in [-0.39, 0.29) is 61.2 Å². The smallest absolute Gasteiger partial charge is 0.179 e. The summed E-state index contributed by atoms with van der Waals surface area (Å²) in [7, 11) is -3.43. The lowest BCUT2D eigenvalue weighted by Gasteiger charge is -2.35. The Morgan fingerprint density at radius 3 is 1.57 bits per heavy atom.